The molecular weight excluding hydrogens is 303 g/mol. The number of halogens is 1. The molecule has 4 heteroatoms. The Morgan fingerprint density at radius 1 is 1.08 bits per heavy atom. The number of carbonyl (C=O) groups is 1. The number of amides is 1. The van der Waals surface area contributed by atoms with Crippen LogP contribution in [0.15, 0.2) is 54.6 Å². The Bertz CT molecular complexity index is 643. The zero-order chi connectivity index (χ0) is 17.4. The van der Waals surface area contributed by atoms with Gasteiger partial charge in [-0.1, -0.05) is 62.4 Å². The zero-order valence-electron chi connectivity index (χ0n) is 14.3. The summed E-state index contributed by atoms with van der Waals surface area (Å²) in [6.45, 7) is 5.13. The molecule has 2 aromatic rings. The summed E-state index contributed by atoms with van der Waals surface area (Å²) < 4.78 is 13.5. The summed E-state index contributed by atoms with van der Waals surface area (Å²) in [4.78, 5) is 12.0. The van der Waals surface area contributed by atoms with Gasteiger partial charge in [-0.2, -0.15) is 0 Å². The van der Waals surface area contributed by atoms with Crippen LogP contribution in [-0.4, -0.2) is 19.0 Å². The topological polar surface area (TPSA) is 45.7 Å². The number of benzene rings is 2. The highest BCUT2D eigenvalue weighted by Crippen LogP contribution is 2.16. The molecule has 2 rings (SSSR count). The number of quaternary nitrogens is 1. The second-order valence-electron chi connectivity index (χ2n) is 6.31. The van der Waals surface area contributed by atoms with E-state index in [9.17, 15) is 9.18 Å². The monoisotopic (exact) mass is 329 g/mol. The lowest BCUT2D eigenvalue weighted by Gasteiger charge is -2.19. The molecule has 24 heavy (non-hydrogen) atoms. The van der Waals surface area contributed by atoms with E-state index in [0.717, 1.165) is 0 Å². The van der Waals surface area contributed by atoms with Crippen molar-refractivity contribution < 1.29 is 14.5 Å². The van der Waals surface area contributed by atoms with Gasteiger partial charge in [0.05, 0.1) is 0 Å². The lowest BCUT2D eigenvalue weighted by atomic mass is 9.96. The minimum atomic E-state index is -0.220. The Labute approximate surface area is 143 Å². The van der Waals surface area contributed by atoms with E-state index in [0.29, 0.717) is 31.0 Å². The molecule has 0 saturated heterocycles. The van der Waals surface area contributed by atoms with E-state index >= 15 is 0 Å². The van der Waals surface area contributed by atoms with Crippen molar-refractivity contribution in [2.45, 2.75) is 26.3 Å². The third-order valence-corrected chi connectivity index (χ3v) is 4.13. The van der Waals surface area contributed by atoms with Crippen LogP contribution in [-0.2, 0) is 11.2 Å². The average Bonchev–Trinajstić information content (AvgIpc) is 2.57. The minimum absolute atomic E-state index is 0.0204. The summed E-state index contributed by atoms with van der Waals surface area (Å²) in [5, 5.41) is 4.94. The Morgan fingerprint density at radius 2 is 1.75 bits per heavy atom. The van der Waals surface area contributed by atoms with Crippen molar-refractivity contribution in [2.75, 3.05) is 13.1 Å². The number of nitrogens with one attached hydrogen (secondary N) is 1. The number of carbonyl (C=O) groups excluding carboxylic acids is 1. The van der Waals surface area contributed by atoms with Gasteiger partial charge < -0.3 is 10.6 Å². The molecule has 0 fully saturated rings. The van der Waals surface area contributed by atoms with Crippen LogP contribution in [0.25, 0.3) is 0 Å². The summed E-state index contributed by atoms with van der Waals surface area (Å²) in [7, 11) is 0. The third kappa shape index (κ3) is 5.46. The van der Waals surface area contributed by atoms with Crippen LogP contribution in [0.5, 0.6) is 0 Å². The van der Waals surface area contributed by atoms with Crippen molar-refractivity contribution in [3.05, 3.63) is 71.5 Å². The van der Waals surface area contributed by atoms with Crippen molar-refractivity contribution in [1.82, 2.24) is 5.32 Å². The molecule has 0 spiro atoms. The van der Waals surface area contributed by atoms with Crippen LogP contribution in [0.3, 0.4) is 0 Å². The SMILES string of the molecule is CC(C)[C@@H]([NH2+]CC(=O)NCCc1ccccc1F)c1ccccc1. The fourth-order valence-corrected chi connectivity index (χ4v) is 2.81. The first-order valence-electron chi connectivity index (χ1n) is 8.46. The fourth-order valence-electron chi connectivity index (χ4n) is 2.81. The molecule has 2 aromatic carbocycles. The highest BCUT2D eigenvalue weighted by atomic mass is 19.1. The molecule has 1 atom stereocenters. The van der Waals surface area contributed by atoms with E-state index in [1.54, 1.807) is 18.2 Å². The Morgan fingerprint density at radius 3 is 2.42 bits per heavy atom. The maximum atomic E-state index is 13.5. The second-order valence-corrected chi connectivity index (χ2v) is 6.31. The number of hydrogen-bond donors (Lipinski definition) is 2. The summed E-state index contributed by atoms with van der Waals surface area (Å²) >= 11 is 0. The number of rotatable bonds is 8. The summed E-state index contributed by atoms with van der Waals surface area (Å²) in [5.41, 5.74) is 1.86. The molecule has 0 radical (unpaired) electrons. The van der Waals surface area contributed by atoms with Gasteiger partial charge in [-0.05, 0) is 18.1 Å². The molecule has 0 aliphatic heterocycles. The lowest BCUT2D eigenvalue weighted by Crippen LogP contribution is -2.88. The van der Waals surface area contributed by atoms with E-state index in [1.165, 1.54) is 11.6 Å². The molecule has 1 amide bonds. The smallest absolute Gasteiger partial charge is 0.275 e. The number of nitrogens with two attached hydrogens (primary N) is 1. The molecule has 0 bridgehead atoms. The van der Waals surface area contributed by atoms with Gasteiger partial charge >= 0.3 is 0 Å². The first-order chi connectivity index (χ1) is 11.6. The molecule has 128 valence electrons. The lowest BCUT2D eigenvalue weighted by molar-refractivity contribution is -0.692. The molecule has 3 nitrogen and oxygen atoms in total. The maximum absolute atomic E-state index is 13.5. The first-order valence-corrected chi connectivity index (χ1v) is 8.46. The molecule has 0 aliphatic rings. The second kappa shape index (κ2) is 9.18. The standard InChI is InChI=1S/C20H25FN2O/c1-15(2)20(17-9-4-3-5-10-17)23-14-19(24)22-13-12-16-8-6-7-11-18(16)21/h3-11,15,20,23H,12-14H2,1-2H3,(H,22,24)/p+1/t20-/m1/s1. The zero-order valence-corrected chi connectivity index (χ0v) is 14.3. The Balaban J connectivity index is 1.78. The fraction of sp³-hybridized carbons (Fsp3) is 0.350. The van der Waals surface area contributed by atoms with Gasteiger partial charge in [-0.25, -0.2) is 4.39 Å². The largest absolute Gasteiger partial charge is 0.351 e. The molecule has 0 unspecified atom stereocenters. The molecule has 3 N–H and O–H groups in total. The van der Waals surface area contributed by atoms with E-state index in [4.69, 9.17) is 0 Å². The van der Waals surface area contributed by atoms with Gasteiger partial charge in [-0.15, -0.1) is 0 Å². The van der Waals surface area contributed by atoms with E-state index in [-0.39, 0.29) is 17.8 Å². The van der Waals surface area contributed by atoms with Crippen LogP contribution in [0, 0.1) is 11.7 Å². The van der Waals surface area contributed by atoms with Gasteiger partial charge in [0.25, 0.3) is 5.91 Å². The predicted molar refractivity (Wildman–Crippen MR) is 93.9 cm³/mol. The predicted octanol–water partition coefficient (Wildman–Crippen LogP) is 2.45. The normalized spacial score (nSPS) is 12.2. The molecular formula is C20H26FN2O+. The molecule has 0 heterocycles. The van der Waals surface area contributed by atoms with Crippen LogP contribution in [0.2, 0.25) is 0 Å². The number of hydrogen-bond acceptors (Lipinski definition) is 1. The van der Waals surface area contributed by atoms with Crippen LogP contribution >= 0.6 is 0 Å². The van der Waals surface area contributed by atoms with Crippen molar-refractivity contribution >= 4 is 5.91 Å². The quantitative estimate of drug-likeness (QED) is 0.768. The van der Waals surface area contributed by atoms with E-state index in [1.807, 2.05) is 18.2 Å². The van der Waals surface area contributed by atoms with E-state index in [2.05, 4.69) is 36.6 Å². The van der Waals surface area contributed by atoms with Crippen LogP contribution in [0.4, 0.5) is 4.39 Å². The van der Waals surface area contributed by atoms with Crippen molar-refractivity contribution in [3.8, 4) is 0 Å². The summed E-state index contributed by atoms with van der Waals surface area (Å²) in [5.74, 6) is 0.189. The van der Waals surface area contributed by atoms with Gasteiger partial charge in [0.1, 0.15) is 11.9 Å². The van der Waals surface area contributed by atoms with Gasteiger partial charge in [0.15, 0.2) is 6.54 Å². The van der Waals surface area contributed by atoms with Crippen molar-refractivity contribution in [1.29, 1.82) is 0 Å². The van der Waals surface area contributed by atoms with Gasteiger partial charge in [0, 0.05) is 18.0 Å². The van der Waals surface area contributed by atoms with Crippen molar-refractivity contribution in [3.63, 3.8) is 0 Å². The third-order valence-electron chi connectivity index (χ3n) is 4.13. The van der Waals surface area contributed by atoms with Crippen molar-refractivity contribution in [2.24, 2.45) is 5.92 Å². The first kappa shape index (κ1) is 18.1. The van der Waals surface area contributed by atoms with E-state index < -0.39 is 0 Å². The molecule has 0 aliphatic carbocycles. The summed E-state index contributed by atoms with van der Waals surface area (Å²) in [6, 6.07) is 17.1. The average molecular weight is 329 g/mol. The Kier molecular flexibility index (Phi) is 6.94. The highest BCUT2D eigenvalue weighted by Gasteiger charge is 2.19. The van der Waals surface area contributed by atoms with Gasteiger partial charge in [0.2, 0.25) is 0 Å². The summed E-state index contributed by atoms with van der Waals surface area (Å²) in [6.07, 6.45) is 0.505. The maximum Gasteiger partial charge on any atom is 0.275 e. The highest BCUT2D eigenvalue weighted by molar-refractivity contribution is 5.76. The van der Waals surface area contributed by atoms with Gasteiger partial charge in [-0.3, -0.25) is 4.79 Å². The van der Waals surface area contributed by atoms with Crippen LogP contribution < -0.4 is 10.6 Å². The Hall–Kier alpha value is -2.20. The van der Waals surface area contributed by atoms with Crippen LogP contribution in [0.1, 0.15) is 31.0 Å². The molecule has 0 saturated carbocycles. The molecule has 0 aromatic heterocycles. The minimum Gasteiger partial charge on any atom is -0.351 e.